The molecule has 2 aromatic heterocycles. The van der Waals surface area contributed by atoms with E-state index in [1.54, 1.807) is 30.3 Å². The van der Waals surface area contributed by atoms with Crippen molar-refractivity contribution in [2.24, 2.45) is 5.73 Å². The van der Waals surface area contributed by atoms with E-state index >= 15 is 0 Å². The standard InChI is InChI=1S/C15H11Cl2N5O.H3O4P/c16-7-1-2-8(10(17)5-7)13-9(14(18)23)6-12(21-13)11-3-4-20-15(19)22-11;1-5(2,3)4/h1-6,21H,(H2,18,23)(H2,19,20,22);(H3,1,2,3,4). The van der Waals surface area contributed by atoms with E-state index in [0.29, 0.717) is 38.3 Å². The van der Waals surface area contributed by atoms with Crippen molar-refractivity contribution in [3.05, 3.63) is 52.1 Å². The van der Waals surface area contributed by atoms with Crippen LogP contribution >= 0.6 is 31.0 Å². The van der Waals surface area contributed by atoms with E-state index in [9.17, 15) is 4.79 Å². The fraction of sp³-hybridized carbons (Fsp3) is 0. The van der Waals surface area contributed by atoms with Crippen LogP contribution in [0.1, 0.15) is 10.4 Å². The fourth-order valence-corrected chi connectivity index (χ4v) is 2.72. The number of carbonyl (C=O) groups is 1. The van der Waals surface area contributed by atoms with Gasteiger partial charge < -0.3 is 31.1 Å². The molecular formula is C15H14Cl2N5O5P. The van der Waals surface area contributed by atoms with Crippen LogP contribution in [-0.2, 0) is 4.57 Å². The number of halogens is 2. The first-order chi connectivity index (χ1) is 13.0. The molecule has 3 rings (SSSR count). The Morgan fingerprint density at radius 3 is 2.32 bits per heavy atom. The smallest absolute Gasteiger partial charge is 0.368 e. The Bertz CT molecular complexity index is 1060. The molecule has 0 spiro atoms. The molecule has 0 aliphatic rings. The van der Waals surface area contributed by atoms with Crippen LogP contribution in [0.5, 0.6) is 0 Å². The fourth-order valence-electron chi connectivity index (χ4n) is 2.22. The molecule has 148 valence electrons. The lowest BCUT2D eigenvalue weighted by atomic mass is 10.1. The van der Waals surface area contributed by atoms with Gasteiger partial charge in [-0.25, -0.2) is 14.5 Å². The van der Waals surface area contributed by atoms with Crippen molar-refractivity contribution in [1.29, 1.82) is 0 Å². The van der Waals surface area contributed by atoms with E-state index in [-0.39, 0.29) is 5.95 Å². The highest BCUT2D eigenvalue weighted by molar-refractivity contribution is 7.45. The molecular weight excluding hydrogens is 432 g/mol. The van der Waals surface area contributed by atoms with Gasteiger partial charge in [-0.1, -0.05) is 23.2 Å². The monoisotopic (exact) mass is 445 g/mol. The van der Waals surface area contributed by atoms with E-state index in [1.807, 2.05) is 0 Å². The molecule has 0 aliphatic carbocycles. The van der Waals surface area contributed by atoms with Crippen LogP contribution in [0.3, 0.4) is 0 Å². The van der Waals surface area contributed by atoms with Gasteiger partial charge in [0.1, 0.15) is 0 Å². The zero-order chi connectivity index (χ0) is 21.1. The lowest BCUT2D eigenvalue weighted by molar-refractivity contribution is 0.100. The number of amides is 1. The van der Waals surface area contributed by atoms with Crippen molar-refractivity contribution in [3.63, 3.8) is 0 Å². The number of nitrogens with zero attached hydrogens (tertiary/aromatic N) is 2. The number of nitrogens with two attached hydrogens (primary N) is 2. The number of hydrogen-bond acceptors (Lipinski definition) is 5. The SMILES string of the molecule is NC(=O)c1cc(-c2ccnc(N)n2)[nH]c1-c1ccc(Cl)cc1Cl.O=P(O)(O)O. The van der Waals surface area contributed by atoms with Crippen LogP contribution in [-0.4, -0.2) is 35.5 Å². The van der Waals surface area contributed by atoms with Crippen molar-refractivity contribution < 1.29 is 24.0 Å². The largest absolute Gasteiger partial charge is 0.466 e. The molecule has 2 heterocycles. The highest BCUT2D eigenvalue weighted by Gasteiger charge is 2.18. The topological polar surface area (TPSA) is 188 Å². The summed E-state index contributed by atoms with van der Waals surface area (Å²) < 4.78 is 8.88. The van der Waals surface area contributed by atoms with Gasteiger partial charge in [0.2, 0.25) is 5.95 Å². The van der Waals surface area contributed by atoms with Gasteiger partial charge in [0, 0.05) is 16.8 Å². The van der Waals surface area contributed by atoms with Gasteiger partial charge in [-0.3, -0.25) is 4.79 Å². The first-order valence-electron chi connectivity index (χ1n) is 7.31. The van der Waals surface area contributed by atoms with Crippen molar-refractivity contribution in [2.45, 2.75) is 0 Å². The Kier molecular flexibility index (Phi) is 6.78. The van der Waals surface area contributed by atoms with Crippen molar-refractivity contribution >= 4 is 42.9 Å². The first-order valence-corrected chi connectivity index (χ1v) is 9.63. The number of anilines is 1. The summed E-state index contributed by atoms with van der Waals surface area (Å²) in [5.41, 5.74) is 13.6. The van der Waals surface area contributed by atoms with Crippen LogP contribution in [0.2, 0.25) is 10.0 Å². The number of H-pyrrole nitrogens is 1. The highest BCUT2D eigenvalue weighted by Crippen LogP contribution is 2.34. The van der Waals surface area contributed by atoms with Crippen LogP contribution in [0.25, 0.3) is 22.6 Å². The van der Waals surface area contributed by atoms with Crippen molar-refractivity contribution in [3.8, 4) is 22.6 Å². The Balaban J connectivity index is 0.000000500. The van der Waals surface area contributed by atoms with Gasteiger partial charge in [-0.15, -0.1) is 0 Å². The van der Waals surface area contributed by atoms with Crippen LogP contribution in [0.4, 0.5) is 5.95 Å². The van der Waals surface area contributed by atoms with Gasteiger partial charge in [-0.05, 0) is 30.3 Å². The van der Waals surface area contributed by atoms with Gasteiger partial charge >= 0.3 is 7.82 Å². The molecule has 1 aromatic carbocycles. The Labute approximate surface area is 168 Å². The maximum Gasteiger partial charge on any atom is 0.466 e. The second-order valence-electron chi connectivity index (χ2n) is 5.27. The Hall–Kier alpha value is -2.46. The zero-order valence-electron chi connectivity index (χ0n) is 13.9. The van der Waals surface area contributed by atoms with Crippen LogP contribution in [0, 0.1) is 0 Å². The van der Waals surface area contributed by atoms with Gasteiger partial charge in [-0.2, -0.15) is 0 Å². The molecule has 28 heavy (non-hydrogen) atoms. The van der Waals surface area contributed by atoms with Gasteiger partial charge in [0.25, 0.3) is 5.91 Å². The number of aromatic nitrogens is 3. The minimum Gasteiger partial charge on any atom is -0.368 e. The van der Waals surface area contributed by atoms with E-state index in [2.05, 4.69) is 15.0 Å². The third-order valence-electron chi connectivity index (χ3n) is 3.23. The molecule has 1 amide bonds. The van der Waals surface area contributed by atoms with Gasteiger partial charge in [0.15, 0.2) is 0 Å². The number of rotatable bonds is 3. The average molecular weight is 446 g/mol. The maximum atomic E-state index is 11.8. The molecule has 0 saturated carbocycles. The minimum atomic E-state index is -4.64. The molecule has 10 nitrogen and oxygen atoms in total. The quantitative estimate of drug-likeness (QED) is 0.330. The molecule has 0 radical (unpaired) electrons. The number of phosphoric acid groups is 1. The number of primary amides is 1. The normalized spacial score (nSPS) is 10.9. The predicted octanol–water partition coefficient (Wildman–Crippen LogP) is 2.20. The predicted molar refractivity (Wildman–Crippen MR) is 104 cm³/mol. The second kappa shape index (κ2) is 8.70. The molecule has 0 atom stereocenters. The lowest BCUT2D eigenvalue weighted by Gasteiger charge is -2.05. The van der Waals surface area contributed by atoms with Crippen LogP contribution < -0.4 is 11.5 Å². The summed E-state index contributed by atoms with van der Waals surface area (Å²) in [6.45, 7) is 0. The Morgan fingerprint density at radius 1 is 1.14 bits per heavy atom. The molecule has 0 unspecified atom stereocenters. The molecule has 0 aliphatic heterocycles. The molecule has 13 heteroatoms. The average Bonchev–Trinajstić information content (AvgIpc) is 2.98. The number of nitrogens with one attached hydrogen (secondary N) is 1. The lowest BCUT2D eigenvalue weighted by Crippen LogP contribution is -2.11. The number of benzene rings is 1. The highest BCUT2D eigenvalue weighted by atomic mass is 35.5. The number of carbonyl (C=O) groups excluding carboxylic acids is 1. The van der Waals surface area contributed by atoms with Crippen molar-refractivity contribution in [2.75, 3.05) is 5.73 Å². The third-order valence-corrected chi connectivity index (χ3v) is 3.78. The summed E-state index contributed by atoms with van der Waals surface area (Å²) in [4.78, 5) is 44.4. The first kappa shape index (κ1) is 21.8. The summed E-state index contributed by atoms with van der Waals surface area (Å²) in [5.74, 6) is -0.459. The molecule has 3 aromatic rings. The number of aromatic amines is 1. The van der Waals surface area contributed by atoms with E-state index in [4.69, 9.17) is 53.9 Å². The summed E-state index contributed by atoms with van der Waals surface area (Å²) in [5, 5.41) is 0.894. The maximum absolute atomic E-state index is 11.8. The van der Waals surface area contributed by atoms with Crippen LogP contribution in [0.15, 0.2) is 36.5 Å². The summed E-state index contributed by atoms with van der Waals surface area (Å²) in [6.07, 6.45) is 1.53. The van der Waals surface area contributed by atoms with E-state index in [0.717, 1.165) is 0 Å². The molecule has 0 saturated heterocycles. The number of hydrogen-bond donors (Lipinski definition) is 6. The minimum absolute atomic E-state index is 0.129. The summed E-state index contributed by atoms with van der Waals surface area (Å²) in [7, 11) is -4.64. The van der Waals surface area contributed by atoms with E-state index in [1.165, 1.54) is 6.20 Å². The second-order valence-corrected chi connectivity index (χ2v) is 7.14. The summed E-state index contributed by atoms with van der Waals surface area (Å²) in [6, 6.07) is 8.24. The van der Waals surface area contributed by atoms with Gasteiger partial charge in [0.05, 0.1) is 27.7 Å². The Morgan fingerprint density at radius 2 is 1.79 bits per heavy atom. The summed E-state index contributed by atoms with van der Waals surface area (Å²) >= 11 is 12.1. The molecule has 8 N–H and O–H groups in total. The molecule has 0 bridgehead atoms. The van der Waals surface area contributed by atoms with E-state index < -0.39 is 13.7 Å². The third kappa shape index (κ3) is 6.03. The number of nitrogen functional groups attached to an aromatic ring is 1. The zero-order valence-corrected chi connectivity index (χ0v) is 16.3. The van der Waals surface area contributed by atoms with Crippen molar-refractivity contribution in [1.82, 2.24) is 15.0 Å². The molecule has 0 fully saturated rings.